The van der Waals surface area contributed by atoms with Gasteiger partial charge in [0, 0.05) is 32.6 Å². The van der Waals surface area contributed by atoms with Crippen molar-refractivity contribution in [1.29, 1.82) is 4.78 Å². The van der Waals surface area contributed by atoms with Gasteiger partial charge in [-0.1, -0.05) is 5.21 Å². The highest BCUT2D eigenvalue weighted by atomic mass is 79.9. The molecule has 1 aromatic heterocycles. The van der Waals surface area contributed by atoms with Crippen molar-refractivity contribution in [1.82, 2.24) is 15.0 Å². The molecule has 2 aromatic rings. The molecule has 2 rings (SSSR count). The van der Waals surface area contributed by atoms with Gasteiger partial charge < -0.3 is 0 Å². The van der Waals surface area contributed by atoms with Crippen LogP contribution in [0.3, 0.4) is 0 Å². The number of benzene rings is 1. The van der Waals surface area contributed by atoms with Gasteiger partial charge in [-0.25, -0.2) is 9.07 Å². The van der Waals surface area contributed by atoms with Gasteiger partial charge in [-0.15, -0.1) is 5.10 Å². The highest BCUT2D eigenvalue weighted by Gasteiger charge is 2.08. The van der Waals surface area contributed by atoms with Crippen LogP contribution in [0.1, 0.15) is 5.69 Å². The lowest BCUT2D eigenvalue weighted by Crippen LogP contribution is -2.04. The fourth-order valence-electron chi connectivity index (χ4n) is 1.50. The van der Waals surface area contributed by atoms with Crippen LogP contribution in [-0.4, -0.2) is 31.2 Å². The van der Waals surface area contributed by atoms with E-state index in [1.54, 1.807) is 12.3 Å². The maximum absolute atomic E-state index is 13.0. The molecule has 0 spiro atoms. The van der Waals surface area contributed by atoms with Crippen molar-refractivity contribution in [2.24, 2.45) is 0 Å². The molecule has 0 amide bonds. The van der Waals surface area contributed by atoms with Crippen molar-refractivity contribution < 1.29 is 8.60 Å². The van der Waals surface area contributed by atoms with E-state index in [-0.39, 0.29) is 11.6 Å². The molecule has 19 heavy (non-hydrogen) atoms. The zero-order chi connectivity index (χ0) is 14.0. The highest BCUT2D eigenvalue weighted by Crippen LogP contribution is 2.21. The first-order valence-corrected chi connectivity index (χ1v) is 8.36. The van der Waals surface area contributed by atoms with Gasteiger partial charge in [-0.05, 0) is 34.1 Å². The third-order valence-electron chi connectivity index (χ3n) is 2.45. The molecule has 0 radical (unpaired) electrons. The molecule has 0 saturated heterocycles. The number of halogens is 2. The van der Waals surface area contributed by atoms with Crippen LogP contribution in [-0.2, 0) is 16.1 Å². The summed E-state index contributed by atoms with van der Waals surface area (Å²) in [5, 5.41) is 7.89. The summed E-state index contributed by atoms with van der Waals surface area (Å²) in [7, 11) is -2.53. The summed E-state index contributed by atoms with van der Waals surface area (Å²) < 4.78 is 33.7. The van der Waals surface area contributed by atoms with E-state index in [0.29, 0.717) is 22.3 Å². The van der Waals surface area contributed by atoms with Crippen LogP contribution in [0.4, 0.5) is 4.39 Å². The molecule has 1 aromatic carbocycles. The molecule has 0 fully saturated rings. The number of aryl methyl sites for hydroxylation is 1. The normalized spacial score (nSPS) is 14.3. The van der Waals surface area contributed by atoms with Gasteiger partial charge in [0.15, 0.2) is 0 Å². The summed E-state index contributed by atoms with van der Waals surface area (Å²) in [5.41, 5.74) is 1.32. The predicted octanol–water partition coefficient (Wildman–Crippen LogP) is 2.39. The number of hydrogen-bond donors (Lipinski definition) is 1. The molecule has 1 atom stereocenters. The average Bonchev–Trinajstić information content (AvgIpc) is 2.74. The van der Waals surface area contributed by atoms with E-state index in [1.165, 1.54) is 23.1 Å². The summed E-state index contributed by atoms with van der Waals surface area (Å²) in [5.74, 6) is -0.0908. The fourth-order valence-corrected chi connectivity index (χ4v) is 2.63. The van der Waals surface area contributed by atoms with Gasteiger partial charge in [0.25, 0.3) is 0 Å². The molecule has 0 aliphatic heterocycles. The van der Waals surface area contributed by atoms with Crippen LogP contribution in [0.5, 0.6) is 0 Å². The molecule has 1 N–H and O–H groups in total. The van der Waals surface area contributed by atoms with Crippen molar-refractivity contribution in [3.05, 3.63) is 40.4 Å². The first kappa shape index (κ1) is 14.1. The lowest BCUT2D eigenvalue weighted by Gasteiger charge is -2.02. The van der Waals surface area contributed by atoms with Crippen molar-refractivity contribution in [3.63, 3.8) is 0 Å². The van der Waals surface area contributed by atoms with Crippen LogP contribution in [0, 0.1) is 10.6 Å². The minimum atomic E-state index is -2.53. The number of rotatable bonds is 4. The van der Waals surface area contributed by atoms with E-state index in [1.807, 2.05) is 0 Å². The Labute approximate surface area is 118 Å². The van der Waals surface area contributed by atoms with Crippen LogP contribution in [0.2, 0.25) is 0 Å². The minimum Gasteiger partial charge on any atom is -0.253 e. The second-order valence-electron chi connectivity index (χ2n) is 4.21. The molecule has 0 aliphatic rings. The number of nitrogens with one attached hydrogen (secondary N) is 1. The Morgan fingerprint density at radius 1 is 1.53 bits per heavy atom. The fraction of sp³-hybridized carbons (Fsp3) is 0.273. The third-order valence-corrected chi connectivity index (χ3v) is 4.06. The Kier molecular flexibility index (Phi) is 4.00. The van der Waals surface area contributed by atoms with Crippen molar-refractivity contribution in [2.45, 2.75) is 6.42 Å². The predicted molar refractivity (Wildman–Crippen MR) is 74.4 cm³/mol. The zero-order valence-corrected chi connectivity index (χ0v) is 12.5. The molecule has 5 nitrogen and oxygen atoms in total. The van der Waals surface area contributed by atoms with Gasteiger partial charge in [0.2, 0.25) is 0 Å². The van der Waals surface area contributed by atoms with Gasteiger partial charge in [0.1, 0.15) is 5.82 Å². The maximum Gasteiger partial charge on any atom is 0.124 e. The van der Waals surface area contributed by atoms with Gasteiger partial charge in [0.05, 0.1) is 17.6 Å². The summed E-state index contributed by atoms with van der Waals surface area (Å²) in [4.78, 5) is 0. The topological polar surface area (TPSA) is 71.6 Å². The van der Waals surface area contributed by atoms with Gasteiger partial charge in [-0.3, -0.25) is 8.99 Å². The van der Waals surface area contributed by atoms with E-state index >= 15 is 0 Å². The van der Waals surface area contributed by atoms with E-state index in [4.69, 9.17) is 4.78 Å². The summed E-state index contributed by atoms with van der Waals surface area (Å²) >= 11 is 3.26. The number of aromatic nitrogens is 3. The van der Waals surface area contributed by atoms with Crippen LogP contribution in [0.25, 0.3) is 5.69 Å². The van der Waals surface area contributed by atoms with Crippen molar-refractivity contribution >= 4 is 25.7 Å². The maximum atomic E-state index is 13.0. The molecule has 102 valence electrons. The Morgan fingerprint density at radius 3 is 2.89 bits per heavy atom. The highest BCUT2D eigenvalue weighted by molar-refractivity contribution is 9.10. The van der Waals surface area contributed by atoms with Crippen LogP contribution < -0.4 is 0 Å². The van der Waals surface area contributed by atoms with Crippen LogP contribution in [0.15, 0.2) is 28.9 Å². The van der Waals surface area contributed by atoms with E-state index in [9.17, 15) is 8.60 Å². The number of hydrogen-bond acceptors (Lipinski definition) is 4. The third kappa shape index (κ3) is 3.84. The Hall–Kier alpha value is -1.28. The van der Waals surface area contributed by atoms with Gasteiger partial charge in [-0.2, -0.15) is 0 Å². The molecular formula is C11H12BrFN4OS. The molecule has 0 saturated carbocycles. The molecule has 1 heterocycles. The molecule has 8 heteroatoms. The summed E-state index contributed by atoms with van der Waals surface area (Å²) in [6.07, 6.45) is 3.51. The molecule has 1 unspecified atom stereocenters. The summed E-state index contributed by atoms with van der Waals surface area (Å²) in [6.45, 7) is 0. The van der Waals surface area contributed by atoms with E-state index < -0.39 is 9.73 Å². The van der Waals surface area contributed by atoms with Crippen molar-refractivity contribution in [3.8, 4) is 5.69 Å². The standard InChI is InChI=1S/C11H12BrFN4OS/c1-19(14,18)5-4-9-7-17(16-15-9)11-3-2-8(13)6-10(11)12/h2-3,6-7,14H,4-5H2,1H3. The molecule has 0 aliphatic carbocycles. The SMILES string of the molecule is CS(=N)(=O)CCc1cn(-c2ccc(F)cc2Br)nn1. The summed E-state index contributed by atoms with van der Waals surface area (Å²) in [6, 6.07) is 4.27. The van der Waals surface area contributed by atoms with E-state index in [2.05, 4.69) is 26.2 Å². The zero-order valence-electron chi connectivity index (χ0n) is 10.1. The second kappa shape index (κ2) is 5.38. The monoisotopic (exact) mass is 346 g/mol. The second-order valence-corrected chi connectivity index (χ2v) is 7.48. The quantitative estimate of drug-likeness (QED) is 0.923. The lowest BCUT2D eigenvalue weighted by atomic mass is 10.3. The Balaban J connectivity index is 2.21. The van der Waals surface area contributed by atoms with E-state index in [0.717, 1.165) is 0 Å². The van der Waals surface area contributed by atoms with Crippen molar-refractivity contribution in [2.75, 3.05) is 12.0 Å². The first-order valence-electron chi connectivity index (χ1n) is 5.43. The first-order chi connectivity index (χ1) is 8.85. The smallest absolute Gasteiger partial charge is 0.124 e. The van der Waals surface area contributed by atoms with Gasteiger partial charge >= 0.3 is 0 Å². The largest absolute Gasteiger partial charge is 0.253 e. The minimum absolute atomic E-state index is 0.246. The lowest BCUT2D eigenvalue weighted by molar-refractivity contribution is 0.625. The van der Waals surface area contributed by atoms with Crippen LogP contribution >= 0.6 is 15.9 Å². The molecular weight excluding hydrogens is 335 g/mol. The Bertz CT molecular complexity index is 698. The molecule has 0 bridgehead atoms. The Morgan fingerprint density at radius 2 is 2.26 bits per heavy atom. The average molecular weight is 347 g/mol. The number of nitrogens with zero attached hydrogens (tertiary/aromatic N) is 3.